The number of hydrogen-bond donors (Lipinski definition) is 0. The number of anilines is 1. The minimum Gasteiger partial charge on any atom is -0.496 e. The number of aromatic nitrogens is 2. The number of aryl methyl sites for hydroxylation is 1. The topological polar surface area (TPSA) is 78.1 Å². The van der Waals surface area contributed by atoms with Crippen LogP contribution < -0.4 is 24.5 Å². The van der Waals surface area contributed by atoms with Gasteiger partial charge in [0, 0.05) is 47.4 Å². The van der Waals surface area contributed by atoms with Crippen LogP contribution in [0.15, 0.2) is 69.6 Å². The van der Waals surface area contributed by atoms with Gasteiger partial charge in [-0.25, -0.2) is 9.79 Å². The number of allylic oxidation sites excluding steroid dienone is 1. The summed E-state index contributed by atoms with van der Waals surface area (Å²) >= 11 is 7.68. The highest BCUT2D eigenvalue weighted by atomic mass is 35.5. The number of rotatable bonds is 7. The monoisotopic (exact) mass is 604 g/mol. The van der Waals surface area contributed by atoms with Gasteiger partial charge in [-0.3, -0.25) is 9.36 Å². The van der Waals surface area contributed by atoms with Gasteiger partial charge in [-0.1, -0.05) is 22.9 Å². The predicted octanol–water partition coefficient (Wildman–Crippen LogP) is 4.93. The Morgan fingerprint density at radius 3 is 2.48 bits per heavy atom. The first-order valence-corrected chi connectivity index (χ1v) is 14.7. The summed E-state index contributed by atoms with van der Waals surface area (Å²) in [7, 11) is 5.57. The Morgan fingerprint density at radius 1 is 1.12 bits per heavy atom. The maximum absolute atomic E-state index is 14.1. The van der Waals surface area contributed by atoms with Crippen molar-refractivity contribution in [3.63, 3.8) is 0 Å². The van der Waals surface area contributed by atoms with Gasteiger partial charge in [-0.05, 0) is 87.9 Å². The van der Waals surface area contributed by atoms with Gasteiger partial charge in [0.1, 0.15) is 11.8 Å². The van der Waals surface area contributed by atoms with E-state index in [2.05, 4.69) is 44.8 Å². The number of carbonyl (C=O) groups is 1. The lowest BCUT2D eigenvalue weighted by molar-refractivity contribution is -0.139. The first kappa shape index (κ1) is 29.4. The molecule has 2 aromatic heterocycles. The third-order valence-corrected chi connectivity index (χ3v) is 8.60. The van der Waals surface area contributed by atoms with Gasteiger partial charge in [0.2, 0.25) is 0 Å². The standard InChI is InChI=1S/C32H33ClN4O4S/c1-8-41-31(39)28-19(3)34-32-37(29(28)25-17-22(33)9-14-26(25)40-7)30(38)27(42-32)16-21-15-18(2)36(20(21)4)24-12-10-23(11-13-24)35(5)6/h9-17,29H,8H2,1-7H3/b27-16-/t29-/m1/s1. The maximum Gasteiger partial charge on any atom is 0.338 e. The molecule has 3 heterocycles. The summed E-state index contributed by atoms with van der Waals surface area (Å²) in [6.07, 6.45) is 1.90. The zero-order valence-electron chi connectivity index (χ0n) is 24.7. The summed E-state index contributed by atoms with van der Waals surface area (Å²) in [5.74, 6) is -0.0387. The normalized spacial score (nSPS) is 15.0. The van der Waals surface area contributed by atoms with Crippen LogP contribution in [0.2, 0.25) is 5.02 Å². The predicted molar refractivity (Wildman–Crippen MR) is 168 cm³/mol. The fourth-order valence-electron chi connectivity index (χ4n) is 5.38. The summed E-state index contributed by atoms with van der Waals surface area (Å²) in [5, 5.41) is 0.455. The van der Waals surface area contributed by atoms with E-state index in [9.17, 15) is 9.59 Å². The van der Waals surface area contributed by atoms with Crippen molar-refractivity contribution >= 4 is 40.7 Å². The molecular weight excluding hydrogens is 572 g/mol. The van der Waals surface area contributed by atoms with E-state index in [0.717, 1.165) is 28.3 Å². The molecule has 218 valence electrons. The summed E-state index contributed by atoms with van der Waals surface area (Å²) in [6, 6.07) is 14.7. The molecule has 1 aliphatic heterocycles. The van der Waals surface area contributed by atoms with Crippen LogP contribution in [0.5, 0.6) is 5.75 Å². The molecule has 0 saturated carbocycles. The van der Waals surface area contributed by atoms with Gasteiger partial charge in [-0.15, -0.1) is 0 Å². The van der Waals surface area contributed by atoms with E-state index in [-0.39, 0.29) is 17.7 Å². The number of hydrogen-bond acceptors (Lipinski definition) is 7. The van der Waals surface area contributed by atoms with Crippen LogP contribution in [0.1, 0.15) is 42.4 Å². The average Bonchev–Trinajstić information content (AvgIpc) is 3.41. The number of carbonyl (C=O) groups excluding carboxylic acids is 1. The van der Waals surface area contributed by atoms with Crippen molar-refractivity contribution in [2.75, 3.05) is 32.7 Å². The number of nitrogens with zero attached hydrogens (tertiary/aromatic N) is 4. The smallest absolute Gasteiger partial charge is 0.338 e. The Kier molecular flexibility index (Phi) is 8.17. The molecule has 10 heteroatoms. The zero-order valence-corrected chi connectivity index (χ0v) is 26.3. The van der Waals surface area contributed by atoms with E-state index in [4.69, 9.17) is 21.1 Å². The Labute approximate surface area is 253 Å². The highest BCUT2D eigenvalue weighted by molar-refractivity contribution is 7.07. The highest BCUT2D eigenvalue weighted by Gasteiger charge is 2.35. The zero-order chi connectivity index (χ0) is 30.3. The molecule has 5 rings (SSSR count). The van der Waals surface area contributed by atoms with Crippen LogP contribution >= 0.6 is 22.9 Å². The Balaban J connectivity index is 1.69. The van der Waals surface area contributed by atoms with Crippen LogP contribution in [0.25, 0.3) is 11.8 Å². The van der Waals surface area contributed by atoms with Gasteiger partial charge >= 0.3 is 5.97 Å². The maximum atomic E-state index is 14.1. The second-order valence-electron chi connectivity index (χ2n) is 10.3. The quantitative estimate of drug-likeness (QED) is 0.280. The molecule has 0 saturated heterocycles. The molecule has 0 bridgehead atoms. The SMILES string of the molecule is CCOC(=O)C1=C(C)N=c2s/c(=C\c3cc(C)n(-c4ccc(N(C)C)cc4)c3C)c(=O)n2[C@@H]1c1cc(Cl)ccc1OC. The summed E-state index contributed by atoms with van der Waals surface area (Å²) < 4.78 is 15.3. The van der Waals surface area contributed by atoms with Crippen molar-refractivity contribution in [1.29, 1.82) is 0 Å². The van der Waals surface area contributed by atoms with Crippen LogP contribution in [0, 0.1) is 13.8 Å². The molecule has 42 heavy (non-hydrogen) atoms. The van der Waals surface area contributed by atoms with E-state index >= 15 is 0 Å². The molecule has 2 aromatic carbocycles. The molecule has 4 aromatic rings. The van der Waals surface area contributed by atoms with E-state index in [1.165, 1.54) is 11.3 Å². The van der Waals surface area contributed by atoms with Crippen LogP contribution in [-0.2, 0) is 9.53 Å². The second-order valence-corrected chi connectivity index (χ2v) is 11.7. The lowest BCUT2D eigenvalue weighted by Crippen LogP contribution is -2.40. The van der Waals surface area contributed by atoms with Gasteiger partial charge < -0.3 is 18.9 Å². The summed E-state index contributed by atoms with van der Waals surface area (Å²) in [4.78, 5) is 34.6. The van der Waals surface area contributed by atoms with Gasteiger partial charge in [0.05, 0.1) is 29.5 Å². The van der Waals surface area contributed by atoms with E-state index < -0.39 is 12.0 Å². The number of methoxy groups -OCH3 is 1. The number of fused-ring (bicyclic) bond motifs is 1. The molecule has 0 unspecified atom stereocenters. The van der Waals surface area contributed by atoms with E-state index in [1.54, 1.807) is 43.7 Å². The molecule has 0 fully saturated rings. The Bertz CT molecular complexity index is 1900. The van der Waals surface area contributed by atoms with Crippen molar-refractivity contribution in [3.05, 3.63) is 107 Å². The minimum absolute atomic E-state index is 0.187. The van der Waals surface area contributed by atoms with E-state index in [0.29, 0.717) is 31.4 Å². The van der Waals surface area contributed by atoms with Crippen molar-refractivity contribution in [3.8, 4) is 11.4 Å². The Morgan fingerprint density at radius 2 is 1.83 bits per heavy atom. The number of benzene rings is 2. The van der Waals surface area contributed by atoms with Crippen LogP contribution in [0.4, 0.5) is 5.69 Å². The molecule has 0 aliphatic carbocycles. The van der Waals surface area contributed by atoms with Gasteiger partial charge in [0.15, 0.2) is 4.80 Å². The largest absolute Gasteiger partial charge is 0.496 e. The fraction of sp³-hybridized carbons (Fsp3) is 0.281. The number of thiazole rings is 1. The molecule has 1 aliphatic rings. The summed E-state index contributed by atoms with van der Waals surface area (Å²) in [5.41, 5.74) is 6.20. The Hall–Kier alpha value is -4.08. The molecule has 1 atom stereocenters. The van der Waals surface area contributed by atoms with Crippen molar-refractivity contribution in [2.45, 2.75) is 33.7 Å². The van der Waals surface area contributed by atoms with Crippen LogP contribution in [-0.4, -0.2) is 42.9 Å². The molecule has 0 amide bonds. The average molecular weight is 605 g/mol. The van der Waals surface area contributed by atoms with E-state index in [1.807, 2.05) is 34.0 Å². The molecule has 8 nitrogen and oxygen atoms in total. The number of halogens is 1. The van der Waals surface area contributed by atoms with Gasteiger partial charge in [-0.2, -0.15) is 0 Å². The van der Waals surface area contributed by atoms with Gasteiger partial charge in [0.25, 0.3) is 5.56 Å². The van der Waals surface area contributed by atoms with Crippen molar-refractivity contribution in [1.82, 2.24) is 9.13 Å². The molecule has 0 spiro atoms. The molecular formula is C32H33ClN4O4S. The number of ether oxygens (including phenoxy) is 2. The second kappa shape index (κ2) is 11.7. The summed E-state index contributed by atoms with van der Waals surface area (Å²) in [6.45, 7) is 7.77. The fourth-order valence-corrected chi connectivity index (χ4v) is 6.59. The third kappa shape index (κ3) is 5.18. The highest BCUT2D eigenvalue weighted by Crippen LogP contribution is 2.37. The number of esters is 1. The molecule has 0 radical (unpaired) electrons. The molecule has 0 N–H and O–H groups in total. The third-order valence-electron chi connectivity index (χ3n) is 7.38. The first-order chi connectivity index (χ1) is 20.0. The van der Waals surface area contributed by atoms with Crippen molar-refractivity contribution in [2.24, 2.45) is 4.99 Å². The van der Waals surface area contributed by atoms with Crippen LogP contribution in [0.3, 0.4) is 0 Å². The van der Waals surface area contributed by atoms with Crippen molar-refractivity contribution < 1.29 is 14.3 Å². The lowest BCUT2D eigenvalue weighted by Gasteiger charge is -2.26. The minimum atomic E-state index is -0.821. The lowest BCUT2D eigenvalue weighted by atomic mass is 9.95. The first-order valence-electron chi connectivity index (χ1n) is 13.6.